The summed E-state index contributed by atoms with van der Waals surface area (Å²) < 4.78 is 78.2. The third kappa shape index (κ3) is 12.4. The van der Waals surface area contributed by atoms with Crippen LogP contribution in [0.15, 0.2) is 490 Å². The van der Waals surface area contributed by atoms with Gasteiger partial charge in [0.05, 0.1) is 0 Å². The molecule has 0 aliphatic carbocycles. The second-order valence-electron chi connectivity index (χ2n) is 39.9. The molecule has 35 rings (SSSR count). The largest absolute Gasteiger partial charge is 0.456 e. The molecule has 696 valence electrons. The highest BCUT2D eigenvalue weighted by Gasteiger charge is 2.26. The molecule has 0 radical (unpaired) electrons. The van der Waals surface area contributed by atoms with Gasteiger partial charge in [0.2, 0.25) is 0 Å². The molecule has 0 N–H and O–H groups in total. The summed E-state index contributed by atoms with van der Waals surface area (Å²) in [5.74, 6) is 0. The van der Waals surface area contributed by atoms with Crippen molar-refractivity contribution < 1.29 is 53.0 Å². The van der Waals surface area contributed by atoms with E-state index in [9.17, 15) is 0 Å². The van der Waals surface area contributed by atoms with Crippen molar-refractivity contribution in [1.82, 2.24) is 0 Å². The maximum absolute atomic E-state index is 6.67. The first-order chi connectivity index (χ1) is 74.1. The highest BCUT2D eigenvalue weighted by atomic mass is 16.4. The Kier molecular flexibility index (Phi) is 16.6. The van der Waals surface area contributed by atoms with Crippen LogP contribution in [0, 0.1) is 0 Å². The van der Waals surface area contributed by atoms with Crippen LogP contribution < -0.4 is 0 Å². The number of fused-ring (bicyclic) bond motifs is 36. The predicted octanol–water partition coefficient (Wildman–Crippen LogP) is 41.2. The molecule has 0 aliphatic rings. The first-order valence-corrected chi connectivity index (χ1v) is 50.4. The van der Waals surface area contributed by atoms with Gasteiger partial charge in [-0.2, -0.15) is 0 Å². The summed E-state index contributed by atoms with van der Waals surface area (Å²) in [6.45, 7) is 0. The lowest BCUT2D eigenvalue weighted by Gasteiger charge is -2.12. The van der Waals surface area contributed by atoms with Gasteiger partial charge < -0.3 is 53.0 Å². The Hall–Kier alpha value is -20.3. The van der Waals surface area contributed by atoms with E-state index in [-0.39, 0.29) is 0 Å². The van der Waals surface area contributed by atoms with E-state index in [2.05, 4.69) is 364 Å². The summed E-state index contributed by atoms with van der Waals surface area (Å²) in [4.78, 5) is 0. The van der Waals surface area contributed by atoms with E-state index >= 15 is 0 Å². The molecule has 12 heterocycles. The van der Waals surface area contributed by atoms with Crippen molar-refractivity contribution in [3.8, 4) is 100 Å². The molecule has 0 saturated heterocycles. The maximum atomic E-state index is 6.67. The second kappa shape index (κ2) is 30.6. The molecule has 35 aromatic rings. The molecule has 0 amide bonds. The van der Waals surface area contributed by atoms with Gasteiger partial charge in [-0.1, -0.05) is 200 Å². The van der Waals surface area contributed by atoms with Crippen LogP contribution in [-0.2, 0) is 0 Å². The van der Waals surface area contributed by atoms with Crippen molar-refractivity contribution >= 4 is 263 Å². The fourth-order valence-corrected chi connectivity index (χ4v) is 23.9. The SMILES string of the molecule is c1ccc(-c2ccc3oc4cc5c(cc4c3c2)oc2ccc(-c3cc(-c4ccc6oc7cc8c(cc7c6c4)oc4ccc(-c6ccccc6)cc48)cc(-c4ccc6oc7cc8c(cc7c6c4)oc4ccc(-c6ccccc6)cc48)c3)cc25)cc1.c1ccc2c(c1)oc1cc3c(cc12)oc1ccc(-c2cc(-c4ccc5oc6cc7c(cc6c5c4)oc4ccccc47)cc(-c4ccc5oc6cc7c(cc6c5c4)oc4ccccc47)c2)cc13. The van der Waals surface area contributed by atoms with Gasteiger partial charge in [0, 0.05) is 129 Å². The zero-order valence-corrected chi connectivity index (χ0v) is 79.5. The standard InChI is InChI=1S/C78H42O6.C60H30O6/c1-4-10-43(11-5-1)46-16-22-67-55(31-46)61-37-76-64(40-73(61)79-67)58-34-49(19-25-70(58)82-76)52-28-53(50-20-26-71-59(35-50)65-41-74-62(38-77(65)83-71)56-32-47(17-23-68(56)80-74)44-12-6-2-7-13-44)30-54(29-52)51-21-27-72-60(36-51)66-42-75-63(39-78(66)84-72)57-33-48(18-24-69(57)81-75)45-14-8-3-9-15-45;1-4-10-49-37(7-1)43-25-58-46(28-55(43)61-49)40-22-31(13-16-52(40)64-58)34-19-35(32-14-17-53-41(23-32)47-29-56-44(26-59(47)65-53)38-8-2-5-11-50(38)62-56)21-36(20-34)33-15-18-54-42(24-33)48-30-57-45(27-60(48)66-54)39-9-3-6-12-51(39)63-57/h1-42H;1-30H. The minimum absolute atomic E-state index is 0.812. The smallest absolute Gasteiger partial charge is 0.136 e. The predicted molar refractivity (Wildman–Crippen MR) is 609 cm³/mol. The first-order valence-electron chi connectivity index (χ1n) is 50.4. The molecule has 0 aliphatic heterocycles. The van der Waals surface area contributed by atoms with Gasteiger partial charge in [0.1, 0.15) is 134 Å². The lowest BCUT2D eigenvalue weighted by molar-refractivity contribution is 0.664. The van der Waals surface area contributed by atoms with Crippen molar-refractivity contribution in [2.45, 2.75) is 0 Å². The van der Waals surface area contributed by atoms with E-state index in [1.165, 1.54) is 0 Å². The summed E-state index contributed by atoms with van der Waals surface area (Å²) in [6, 6.07) is 153. The van der Waals surface area contributed by atoms with Crippen LogP contribution in [-0.4, -0.2) is 0 Å². The molecule has 12 heteroatoms. The first kappa shape index (κ1) is 81.1. The number of furan rings is 12. The maximum Gasteiger partial charge on any atom is 0.136 e. The molecular formula is C138H72O12. The fraction of sp³-hybridized carbons (Fsp3) is 0. The zero-order valence-electron chi connectivity index (χ0n) is 79.5. The number of para-hydroxylation sites is 3. The summed E-state index contributed by atoms with van der Waals surface area (Å²) in [5.41, 5.74) is 39.6. The van der Waals surface area contributed by atoms with Crippen molar-refractivity contribution in [3.63, 3.8) is 0 Å². The van der Waals surface area contributed by atoms with Crippen molar-refractivity contribution in [2.75, 3.05) is 0 Å². The van der Waals surface area contributed by atoms with Gasteiger partial charge in [-0.05, 0) is 337 Å². The lowest BCUT2D eigenvalue weighted by Crippen LogP contribution is -1.87. The van der Waals surface area contributed by atoms with E-state index < -0.39 is 0 Å². The third-order valence-electron chi connectivity index (χ3n) is 31.3. The quantitative estimate of drug-likeness (QED) is 0.135. The molecule has 12 nitrogen and oxygen atoms in total. The van der Waals surface area contributed by atoms with Crippen LogP contribution in [0.1, 0.15) is 0 Å². The summed E-state index contributed by atoms with van der Waals surface area (Å²) in [6.07, 6.45) is 0. The average molecular weight is 1920 g/mol. The minimum atomic E-state index is 0.812. The van der Waals surface area contributed by atoms with Gasteiger partial charge in [0.15, 0.2) is 0 Å². The summed E-state index contributed by atoms with van der Waals surface area (Å²) >= 11 is 0. The van der Waals surface area contributed by atoms with Gasteiger partial charge in [-0.25, -0.2) is 0 Å². The molecule has 0 saturated carbocycles. The monoisotopic (exact) mass is 1920 g/mol. The van der Waals surface area contributed by atoms with Gasteiger partial charge in [-0.15, -0.1) is 0 Å². The fourth-order valence-electron chi connectivity index (χ4n) is 23.9. The van der Waals surface area contributed by atoms with Crippen LogP contribution in [0.4, 0.5) is 0 Å². The van der Waals surface area contributed by atoms with Crippen LogP contribution in [0.3, 0.4) is 0 Å². The molecular weight excluding hydrogens is 1850 g/mol. The third-order valence-corrected chi connectivity index (χ3v) is 31.3. The van der Waals surface area contributed by atoms with E-state index in [4.69, 9.17) is 53.0 Å². The van der Waals surface area contributed by atoms with Crippen molar-refractivity contribution in [2.24, 2.45) is 0 Å². The highest BCUT2D eigenvalue weighted by Crippen LogP contribution is 2.51. The number of hydrogen-bond acceptors (Lipinski definition) is 12. The van der Waals surface area contributed by atoms with Crippen LogP contribution in [0.2, 0.25) is 0 Å². The number of benzene rings is 23. The van der Waals surface area contributed by atoms with E-state index in [0.29, 0.717) is 0 Å². The Morgan fingerprint density at radius 2 is 0.187 bits per heavy atom. The molecule has 0 atom stereocenters. The molecule has 0 spiro atoms. The van der Waals surface area contributed by atoms with Gasteiger partial charge >= 0.3 is 0 Å². The Balaban J connectivity index is 0.000000131. The Bertz CT molecular complexity index is 11000. The molecule has 0 bridgehead atoms. The van der Waals surface area contributed by atoms with E-state index in [0.717, 1.165) is 363 Å². The summed E-state index contributed by atoms with van der Waals surface area (Å²) in [5, 5.41) is 24.8. The number of hydrogen-bond donors (Lipinski definition) is 0. The van der Waals surface area contributed by atoms with E-state index in [1.807, 2.05) is 72.8 Å². The average Bonchev–Trinajstić information content (AvgIpc) is 1.61. The Labute approximate surface area is 847 Å². The molecule has 0 fully saturated rings. The lowest BCUT2D eigenvalue weighted by atomic mass is 9.92. The van der Waals surface area contributed by atoms with Crippen molar-refractivity contribution in [3.05, 3.63) is 437 Å². The molecule has 0 unspecified atom stereocenters. The Morgan fingerprint density at radius 3 is 0.347 bits per heavy atom. The number of rotatable bonds is 9. The molecule has 12 aromatic heterocycles. The Morgan fingerprint density at radius 1 is 0.0667 bits per heavy atom. The van der Waals surface area contributed by atoms with Crippen LogP contribution >= 0.6 is 0 Å². The van der Waals surface area contributed by atoms with Gasteiger partial charge in [-0.3, -0.25) is 0 Å². The second-order valence-corrected chi connectivity index (χ2v) is 39.9. The highest BCUT2D eigenvalue weighted by molar-refractivity contribution is 6.24. The van der Waals surface area contributed by atoms with E-state index in [1.54, 1.807) is 0 Å². The zero-order chi connectivity index (χ0) is 97.5. The minimum Gasteiger partial charge on any atom is -0.456 e. The normalized spacial score (nSPS) is 12.4. The van der Waals surface area contributed by atoms with Crippen LogP contribution in [0.25, 0.3) is 363 Å². The topological polar surface area (TPSA) is 158 Å². The molecule has 23 aromatic carbocycles. The molecule has 150 heavy (non-hydrogen) atoms. The van der Waals surface area contributed by atoms with Gasteiger partial charge in [0.25, 0.3) is 0 Å². The van der Waals surface area contributed by atoms with Crippen LogP contribution in [0.5, 0.6) is 0 Å². The summed E-state index contributed by atoms with van der Waals surface area (Å²) in [7, 11) is 0. The van der Waals surface area contributed by atoms with Crippen molar-refractivity contribution in [1.29, 1.82) is 0 Å².